The van der Waals surface area contributed by atoms with Crippen LogP contribution in [0.3, 0.4) is 0 Å². The van der Waals surface area contributed by atoms with Crippen LogP contribution in [0, 0.1) is 0 Å². The molecule has 0 saturated heterocycles. The number of nitrogens with one attached hydrogen (secondary N) is 1. The molecule has 1 N–H and O–H groups in total. The predicted octanol–water partition coefficient (Wildman–Crippen LogP) is 5.62. The topological polar surface area (TPSA) is 75.5 Å². The fourth-order valence-corrected chi connectivity index (χ4v) is 4.98. The van der Waals surface area contributed by atoms with Crippen molar-refractivity contribution >= 4 is 18.1 Å². The van der Waals surface area contributed by atoms with Crippen LogP contribution in [0.15, 0.2) is 76.5 Å². The minimum absolute atomic E-state index is 0.0790. The van der Waals surface area contributed by atoms with Crippen LogP contribution >= 0.6 is 0 Å². The normalized spacial score (nSPS) is 22.5. The number of rotatable bonds is 5. The highest BCUT2D eigenvalue weighted by molar-refractivity contribution is 6.03. The number of aliphatic imine (C=N–C) groups is 1. The summed E-state index contributed by atoms with van der Waals surface area (Å²) in [6, 6.07) is 18.6. The first-order valence-corrected chi connectivity index (χ1v) is 12.1. The molecule has 1 amide bonds. The summed E-state index contributed by atoms with van der Waals surface area (Å²) < 4.78 is 11.1. The summed E-state index contributed by atoms with van der Waals surface area (Å²) >= 11 is 0. The first-order chi connectivity index (χ1) is 16.8. The van der Waals surface area contributed by atoms with Crippen LogP contribution in [0.5, 0.6) is 0 Å². The smallest absolute Gasteiger partial charge is 0.408 e. The van der Waals surface area contributed by atoms with E-state index in [1.165, 1.54) is 0 Å². The molecule has 7 nitrogen and oxygen atoms in total. The Morgan fingerprint density at radius 3 is 2.37 bits per heavy atom. The number of nitrogens with zero attached hydrogens (tertiary/aromatic N) is 3. The van der Waals surface area contributed by atoms with Gasteiger partial charge in [0.15, 0.2) is 11.6 Å². The van der Waals surface area contributed by atoms with E-state index in [4.69, 9.17) is 14.5 Å². The zero-order chi connectivity index (χ0) is 24.6. The van der Waals surface area contributed by atoms with Crippen molar-refractivity contribution in [3.63, 3.8) is 0 Å². The average Bonchev–Trinajstić information content (AvgIpc) is 3.21. The van der Waals surface area contributed by atoms with Crippen LogP contribution < -0.4 is 5.32 Å². The van der Waals surface area contributed by atoms with Gasteiger partial charge in [-0.1, -0.05) is 54.6 Å². The number of hydrogen-bond acceptors (Lipinski definition) is 6. The molecule has 2 unspecified atom stereocenters. The van der Waals surface area contributed by atoms with E-state index in [1.54, 1.807) is 13.3 Å². The molecule has 2 aromatic carbocycles. The van der Waals surface area contributed by atoms with Crippen LogP contribution in [-0.4, -0.2) is 35.9 Å². The van der Waals surface area contributed by atoms with E-state index < -0.39 is 5.60 Å². The molecule has 1 fully saturated rings. The maximum atomic E-state index is 12.5. The van der Waals surface area contributed by atoms with Gasteiger partial charge in [0.1, 0.15) is 17.7 Å². The van der Waals surface area contributed by atoms with E-state index in [1.807, 2.05) is 50.1 Å². The van der Waals surface area contributed by atoms with Gasteiger partial charge in [0.25, 0.3) is 0 Å². The van der Waals surface area contributed by atoms with Gasteiger partial charge in [0, 0.05) is 6.08 Å². The van der Waals surface area contributed by atoms with Gasteiger partial charge in [-0.05, 0) is 56.7 Å². The number of hydrogen-bond donors (Lipinski definition) is 1. The quantitative estimate of drug-likeness (QED) is 0.613. The van der Waals surface area contributed by atoms with Crippen molar-refractivity contribution in [3.05, 3.63) is 83.1 Å². The monoisotopic (exact) mass is 472 g/mol. The fourth-order valence-electron chi connectivity index (χ4n) is 4.98. The van der Waals surface area contributed by atoms with Crippen LogP contribution in [-0.2, 0) is 15.0 Å². The molecule has 35 heavy (non-hydrogen) atoms. The van der Waals surface area contributed by atoms with Gasteiger partial charge < -0.3 is 14.8 Å². The Bertz CT molecular complexity index is 1170. The van der Waals surface area contributed by atoms with Crippen molar-refractivity contribution < 1.29 is 14.3 Å². The predicted molar refractivity (Wildman–Crippen MR) is 136 cm³/mol. The van der Waals surface area contributed by atoms with Crippen LogP contribution in [0.1, 0.15) is 68.8 Å². The number of ether oxygens (including phenoxy) is 2. The molecule has 2 heterocycles. The van der Waals surface area contributed by atoms with Crippen molar-refractivity contribution in [2.24, 2.45) is 10.1 Å². The molecule has 7 heteroatoms. The van der Waals surface area contributed by atoms with E-state index in [-0.39, 0.29) is 23.7 Å². The second kappa shape index (κ2) is 8.87. The number of fused-ring (bicyclic) bond motifs is 1. The molecular weight excluding hydrogens is 440 g/mol. The number of hydrazone groups is 1. The molecule has 2 aliphatic heterocycles. The number of carbonyl (C=O) groups is 1. The number of amidine groups is 1. The lowest BCUT2D eigenvalue weighted by molar-refractivity contribution is 0.0377. The van der Waals surface area contributed by atoms with Crippen LogP contribution in [0.2, 0.25) is 0 Å². The highest BCUT2D eigenvalue weighted by atomic mass is 16.6. The van der Waals surface area contributed by atoms with Gasteiger partial charge in [-0.15, -0.1) is 0 Å². The number of benzene rings is 2. The van der Waals surface area contributed by atoms with Gasteiger partial charge in [0.05, 0.1) is 18.9 Å². The summed E-state index contributed by atoms with van der Waals surface area (Å²) in [5.74, 6) is 1.44. The Balaban J connectivity index is 1.44. The largest absolute Gasteiger partial charge is 0.493 e. The van der Waals surface area contributed by atoms with E-state index in [9.17, 15) is 4.79 Å². The van der Waals surface area contributed by atoms with Gasteiger partial charge in [-0.2, -0.15) is 5.10 Å². The second-order valence-electron chi connectivity index (χ2n) is 10.3. The van der Waals surface area contributed by atoms with E-state index >= 15 is 0 Å². The number of amides is 1. The lowest BCUT2D eigenvalue weighted by atomic mass is 9.71. The van der Waals surface area contributed by atoms with Gasteiger partial charge in [-0.3, -0.25) is 4.99 Å². The second-order valence-corrected chi connectivity index (χ2v) is 10.3. The standard InChI is InChI=1S/C28H32N4O3/c1-27(2,3)35-26(33)31-28(16-8-17-28)21-13-11-19(12-14-21)23-24(20-9-6-5-7-10-20)32-25(30-23)22(34-4)15-18-29-32/h5-7,9-15,18,23-24H,8,16-17H2,1-4H3,(H,31,33). The number of allylic oxidation sites excluding steroid dienone is 1. The molecule has 3 aliphatic rings. The fraction of sp³-hybridized carbons (Fsp3) is 0.393. The van der Waals surface area contributed by atoms with Crippen molar-refractivity contribution in [1.29, 1.82) is 0 Å². The third-order valence-corrected chi connectivity index (χ3v) is 6.79. The Morgan fingerprint density at radius 1 is 1.06 bits per heavy atom. The highest BCUT2D eigenvalue weighted by Crippen LogP contribution is 2.46. The summed E-state index contributed by atoms with van der Waals surface area (Å²) in [4.78, 5) is 17.6. The molecule has 5 rings (SSSR count). The minimum Gasteiger partial charge on any atom is -0.493 e. The average molecular weight is 473 g/mol. The SMILES string of the molecule is COC1=CC=NN2C1=NC(c1ccc(C3(NC(=O)OC(C)(C)C)CCC3)cc1)C2c1ccccc1. The molecule has 0 spiro atoms. The van der Waals surface area contributed by atoms with Gasteiger partial charge in [-0.25, -0.2) is 9.80 Å². The molecule has 0 radical (unpaired) electrons. The van der Waals surface area contributed by atoms with E-state index in [0.29, 0.717) is 5.76 Å². The molecule has 2 atom stereocenters. The van der Waals surface area contributed by atoms with Gasteiger partial charge >= 0.3 is 6.09 Å². The number of carbonyl (C=O) groups excluding carboxylic acids is 1. The highest BCUT2D eigenvalue weighted by Gasteiger charge is 2.43. The van der Waals surface area contributed by atoms with Crippen LogP contribution in [0.4, 0.5) is 4.79 Å². The Kier molecular flexibility index (Phi) is 5.87. The van der Waals surface area contributed by atoms with Crippen molar-refractivity contribution in [2.45, 2.75) is 63.3 Å². The van der Waals surface area contributed by atoms with Crippen molar-refractivity contribution in [3.8, 4) is 0 Å². The Labute approximate surface area is 206 Å². The molecule has 182 valence electrons. The Hall–Kier alpha value is -3.61. The third-order valence-electron chi connectivity index (χ3n) is 6.79. The summed E-state index contributed by atoms with van der Waals surface area (Å²) in [5.41, 5.74) is 2.40. The summed E-state index contributed by atoms with van der Waals surface area (Å²) in [5, 5.41) is 9.71. The lowest BCUT2D eigenvalue weighted by Gasteiger charge is -2.43. The van der Waals surface area contributed by atoms with E-state index in [0.717, 1.165) is 41.8 Å². The zero-order valence-corrected chi connectivity index (χ0v) is 20.7. The van der Waals surface area contributed by atoms with Gasteiger partial charge in [0.2, 0.25) is 0 Å². The summed E-state index contributed by atoms with van der Waals surface area (Å²) in [6.45, 7) is 5.63. The minimum atomic E-state index is -0.531. The van der Waals surface area contributed by atoms with E-state index in [2.05, 4.69) is 46.8 Å². The number of alkyl carbamates (subject to hydrolysis) is 1. The zero-order valence-electron chi connectivity index (χ0n) is 20.7. The first-order valence-electron chi connectivity index (χ1n) is 12.1. The van der Waals surface area contributed by atoms with Crippen molar-refractivity contribution in [1.82, 2.24) is 10.3 Å². The Morgan fingerprint density at radius 2 is 1.77 bits per heavy atom. The van der Waals surface area contributed by atoms with Crippen molar-refractivity contribution in [2.75, 3.05) is 7.11 Å². The number of methoxy groups -OCH3 is 1. The molecule has 0 bridgehead atoms. The summed E-state index contributed by atoms with van der Waals surface area (Å²) in [6.07, 6.45) is 6.08. The molecule has 0 aromatic heterocycles. The molecule has 1 aliphatic carbocycles. The summed E-state index contributed by atoms with van der Waals surface area (Å²) in [7, 11) is 1.65. The molecular formula is C28H32N4O3. The maximum Gasteiger partial charge on any atom is 0.408 e. The first kappa shape index (κ1) is 23.1. The third kappa shape index (κ3) is 4.43. The molecule has 1 saturated carbocycles. The van der Waals surface area contributed by atoms with Crippen LogP contribution in [0.25, 0.3) is 0 Å². The molecule has 2 aromatic rings. The maximum absolute atomic E-state index is 12.5. The lowest BCUT2D eigenvalue weighted by Crippen LogP contribution is -2.52.